The standard InChI is InChI=1S/C16H16O/c17-16-14(10-12-6-2-1-3-7-12)11-13-8-4-5-9-15(13)16/h1-3,6-7,10H,4-5,8-9,11H2/b14-10-. The number of Topliss-reactive ketones (excluding diaryl/α,β-unsaturated/α-hetero) is 1. The molecule has 1 heteroatoms. The molecule has 0 heterocycles. The highest BCUT2D eigenvalue weighted by molar-refractivity contribution is 6.14. The molecule has 0 saturated carbocycles. The molecule has 2 aliphatic rings. The third-order valence-electron chi connectivity index (χ3n) is 3.69. The lowest BCUT2D eigenvalue weighted by Crippen LogP contribution is -2.02. The van der Waals surface area contributed by atoms with Crippen LogP contribution in [0.2, 0.25) is 0 Å². The molecule has 0 saturated heterocycles. The molecule has 1 aromatic carbocycles. The van der Waals surface area contributed by atoms with Crippen molar-refractivity contribution >= 4 is 11.9 Å². The summed E-state index contributed by atoms with van der Waals surface area (Å²) in [6.45, 7) is 0. The van der Waals surface area contributed by atoms with Crippen LogP contribution in [0.4, 0.5) is 0 Å². The Balaban J connectivity index is 1.89. The predicted octanol–water partition coefficient (Wildman–Crippen LogP) is 3.91. The Kier molecular flexibility index (Phi) is 2.68. The van der Waals surface area contributed by atoms with E-state index in [1.807, 2.05) is 18.2 Å². The van der Waals surface area contributed by atoms with Crippen molar-refractivity contribution in [1.82, 2.24) is 0 Å². The van der Waals surface area contributed by atoms with E-state index >= 15 is 0 Å². The van der Waals surface area contributed by atoms with E-state index in [0.29, 0.717) is 5.78 Å². The third kappa shape index (κ3) is 1.97. The van der Waals surface area contributed by atoms with Crippen molar-refractivity contribution in [3.8, 4) is 0 Å². The Labute approximate surface area is 102 Å². The van der Waals surface area contributed by atoms with E-state index in [9.17, 15) is 4.79 Å². The highest BCUT2D eigenvalue weighted by atomic mass is 16.1. The zero-order valence-corrected chi connectivity index (χ0v) is 9.91. The fraction of sp³-hybridized carbons (Fsp3) is 0.312. The molecule has 86 valence electrons. The summed E-state index contributed by atoms with van der Waals surface area (Å²) >= 11 is 0. The van der Waals surface area contributed by atoms with E-state index in [-0.39, 0.29) is 0 Å². The van der Waals surface area contributed by atoms with Crippen molar-refractivity contribution in [2.75, 3.05) is 0 Å². The summed E-state index contributed by atoms with van der Waals surface area (Å²) < 4.78 is 0. The second-order valence-electron chi connectivity index (χ2n) is 4.88. The molecule has 0 atom stereocenters. The van der Waals surface area contributed by atoms with E-state index in [0.717, 1.165) is 36.0 Å². The Morgan fingerprint density at radius 3 is 2.53 bits per heavy atom. The first-order valence-corrected chi connectivity index (χ1v) is 6.36. The summed E-state index contributed by atoms with van der Waals surface area (Å²) in [6.07, 6.45) is 7.52. The number of rotatable bonds is 1. The minimum Gasteiger partial charge on any atom is -0.289 e. The SMILES string of the molecule is O=C1C2=C(CCCC2)C/C1=C/c1ccccc1. The molecule has 0 radical (unpaired) electrons. The van der Waals surface area contributed by atoms with E-state index in [2.05, 4.69) is 18.2 Å². The van der Waals surface area contributed by atoms with Gasteiger partial charge in [0.25, 0.3) is 0 Å². The maximum Gasteiger partial charge on any atom is 0.185 e. The van der Waals surface area contributed by atoms with Gasteiger partial charge in [-0.2, -0.15) is 0 Å². The number of hydrogen-bond donors (Lipinski definition) is 0. The Morgan fingerprint density at radius 1 is 1.00 bits per heavy atom. The van der Waals surface area contributed by atoms with Crippen molar-refractivity contribution in [3.05, 3.63) is 52.6 Å². The van der Waals surface area contributed by atoms with Crippen molar-refractivity contribution in [2.45, 2.75) is 32.1 Å². The van der Waals surface area contributed by atoms with E-state index in [1.54, 1.807) is 0 Å². The van der Waals surface area contributed by atoms with Crippen LogP contribution in [0.5, 0.6) is 0 Å². The van der Waals surface area contributed by atoms with Gasteiger partial charge in [0.05, 0.1) is 0 Å². The van der Waals surface area contributed by atoms with Crippen LogP contribution in [0.3, 0.4) is 0 Å². The zero-order valence-electron chi connectivity index (χ0n) is 9.91. The molecule has 17 heavy (non-hydrogen) atoms. The number of hydrogen-bond acceptors (Lipinski definition) is 1. The molecule has 0 N–H and O–H groups in total. The van der Waals surface area contributed by atoms with Crippen LogP contribution in [-0.2, 0) is 4.79 Å². The predicted molar refractivity (Wildman–Crippen MR) is 69.5 cm³/mol. The number of ketones is 1. The molecule has 0 amide bonds. The van der Waals surface area contributed by atoms with Gasteiger partial charge < -0.3 is 0 Å². The lowest BCUT2D eigenvalue weighted by molar-refractivity contribution is -0.112. The molecule has 3 rings (SSSR count). The fourth-order valence-electron chi connectivity index (χ4n) is 2.81. The first-order valence-electron chi connectivity index (χ1n) is 6.36. The molecule has 0 unspecified atom stereocenters. The smallest absolute Gasteiger partial charge is 0.185 e. The number of carbonyl (C=O) groups excluding carboxylic acids is 1. The van der Waals surface area contributed by atoms with Crippen LogP contribution in [0.1, 0.15) is 37.7 Å². The van der Waals surface area contributed by atoms with Gasteiger partial charge in [-0.15, -0.1) is 0 Å². The number of benzene rings is 1. The van der Waals surface area contributed by atoms with Crippen LogP contribution in [0, 0.1) is 0 Å². The summed E-state index contributed by atoms with van der Waals surface area (Å²) in [7, 11) is 0. The van der Waals surface area contributed by atoms with Gasteiger partial charge in [-0.05, 0) is 49.3 Å². The summed E-state index contributed by atoms with van der Waals surface area (Å²) in [5, 5.41) is 0. The Morgan fingerprint density at radius 2 is 1.76 bits per heavy atom. The van der Waals surface area contributed by atoms with Gasteiger partial charge in [-0.25, -0.2) is 0 Å². The molecule has 2 aliphatic carbocycles. The molecule has 1 nitrogen and oxygen atoms in total. The summed E-state index contributed by atoms with van der Waals surface area (Å²) in [6, 6.07) is 10.1. The zero-order chi connectivity index (χ0) is 11.7. The van der Waals surface area contributed by atoms with E-state index in [4.69, 9.17) is 0 Å². The Bertz CT molecular complexity index is 506. The number of allylic oxidation sites excluding steroid dienone is 3. The summed E-state index contributed by atoms with van der Waals surface area (Å²) in [5.41, 5.74) is 4.65. The van der Waals surface area contributed by atoms with Crippen LogP contribution in [0.25, 0.3) is 6.08 Å². The van der Waals surface area contributed by atoms with Crippen LogP contribution >= 0.6 is 0 Å². The maximum absolute atomic E-state index is 12.2. The molecule has 0 aromatic heterocycles. The lowest BCUT2D eigenvalue weighted by atomic mass is 9.94. The minimum atomic E-state index is 0.309. The van der Waals surface area contributed by atoms with Crippen molar-refractivity contribution in [1.29, 1.82) is 0 Å². The van der Waals surface area contributed by atoms with Crippen molar-refractivity contribution in [3.63, 3.8) is 0 Å². The highest BCUT2D eigenvalue weighted by Gasteiger charge is 2.28. The molecular weight excluding hydrogens is 208 g/mol. The van der Waals surface area contributed by atoms with Crippen LogP contribution in [-0.4, -0.2) is 5.78 Å². The second kappa shape index (κ2) is 4.33. The quantitative estimate of drug-likeness (QED) is 0.661. The van der Waals surface area contributed by atoms with Gasteiger partial charge in [0.2, 0.25) is 0 Å². The van der Waals surface area contributed by atoms with Gasteiger partial charge in [0.15, 0.2) is 5.78 Å². The first-order chi connectivity index (χ1) is 8.34. The molecule has 0 fully saturated rings. The second-order valence-corrected chi connectivity index (χ2v) is 4.88. The largest absolute Gasteiger partial charge is 0.289 e. The highest BCUT2D eigenvalue weighted by Crippen LogP contribution is 2.38. The van der Waals surface area contributed by atoms with E-state index < -0.39 is 0 Å². The third-order valence-corrected chi connectivity index (χ3v) is 3.69. The number of carbonyl (C=O) groups is 1. The average Bonchev–Trinajstić information content (AvgIpc) is 2.68. The molecule has 0 bridgehead atoms. The van der Waals surface area contributed by atoms with Gasteiger partial charge in [0, 0.05) is 5.57 Å². The molecular formula is C16H16O. The van der Waals surface area contributed by atoms with Gasteiger partial charge in [-0.1, -0.05) is 35.9 Å². The van der Waals surface area contributed by atoms with Crippen molar-refractivity contribution in [2.24, 2.45) is 0 Å². The molecule has 0 spiro atoms. The first kappa shape index (κ1) is 10.5. The van der Waals surface area contributed by atoms with Gasteiger partial charge in [-0.3, -0.25) is 4.79 Å². The van der Waals surface area contributed by atoms with Gasteiger partial charge in [0.1, 0.15) is 0 Å². The van der Waals surface area contributed by atoms with Crippen molar-refractivity contribution < 1.29 is 4.79 Å². The lowest BCUT2D eigenvalue weighted by Gasteiger charge is -2.10. The van der Waals surface area contributed by atoms with Crippen LogP contribution < -0.4 is 0 Å². The maximum atomic E-state index is 12.2. The van der Waals surface area contributed by atoms with E-state index in [1.165, 1.54) is 18.4 Å². The monoisotopic (exact) mass is 224 g/mol. The van der Waals surface area contributed by atoms with Gasteiger partial charge >= 0.3 is 0 Å². The topological polar surface area (TPSA) is 17.1 Å². The normalized spacial score (nSPS) is 22.1. The fourth-order valence-corrected chi connectivity index (χ4v) is 2.81. The summed E-state index contributed by atoms with van der Waals surface area (Å²) in [5.74, 6) is 0.309. The minimum absolute atomic E-state index is 0.309. The molecule has 0 aliphatic heterocycles. The average molecular weight is 224 g/mol. The van der Waals surface area contributed by atoms with Crippen LogP contribution in [0.15, 0.2) is 47.1 Å². The summed E-state index contributed by atoms with van der Waals surface area (Å²) in [4.78, 5) is 12.2. The molecule has 1 aromatic rings. The Hall–Kier alpha value is -1.63.